The molecule has 0 aromatic carbocycles. The largest absolute Gasteiger partial charge is 0.480 e. The monoisotopic (exact) mass is 252 g/mol. The zero-order chi connectivity index (χ0) is 12.3. The molecule has 0 aliphatic carbocycles. The van der Waals surface area contributed by atoms with Gasteiger partial charge in [0.15, 0.2) is 5.56 Å². The first-order valence-corrected chi connectivity index (χ1v) is 4.60. The number of halogens is 3. The van der Waals surface area contributed by atoms with E-state index in [4.69, 9.17) is 11.6 Å². The summed E-state index contributed by atoms with van der Waals surface area (Å²) in [6.45, 7) is 0. The van der Waals surface area contributed by atoms with Crippen LogP contribution >= 0.6 is 11.6 Å². The van der Waals surface area contributed by atoms with E-state index in [0.29, 0.717) is 0 Å². The summed E-state index contributed by atoms with van der Waals surface area (Å²) in [4.78, 5) is 13.3. The lowest BCUT2D eigenvalue weighted by atomic mass is 10.1. The third kappa shape index (κ3) is 2.19. The van der Waals surface area contributed by atoms with Crippen molar-refractivity contribution in [3.63, 3.8) is 0 Å². The zero-order valence-electron chi connectivity index (χ0n) is 8.11. The molecule has 0 fully saturated rings. The van der Waals surface area contributed by atoms with E-state index in [-0.39, 0.29) is 11.4 Å². The number of alkyl halides is 3. The van der Waals surface area contributed by atoms with Crippen molar-refractivity contribution in [3.05, 3.63) is 27.4 Å². The summed E-state index contributed by atoms with van der Waals surface area (Å²) in [5.41, 5.74) is -1.65. The molecule has 1 aromatic rings. The summed E-state index contributed by atoms with van der Waals surface area (Å²) >= 11 is 5.42. The Labute approximate surface area is 94.1 Å². The van der Waals surface area contributed by atoms with E-state index in [1.165, 1.54) is 0 Å². The van der Waals surface area contributed by atoms with Gasteiger partial charge in [-0.3, -0.25) is 10.1 Å². The van der Waals surface area contributed by atoms with E-state index in [1.807, 2.05) is 0 Å². The molecule has 5 nitrogen and oxygen atoms in total. The molecule has 0 aliphatic rings. The molecule has 0 unspecified atom stereocenters. The van der Waals surface area contributed by atoms with Gasteiger partial charge in [0.2, 0.25) is 5.88 Å². The molecule has 1 rings (SSSR count). The molecule has 0 aliphatic heterocycles. The van der Waals surface area contributed by atoms with Gasteiger partial charge in [0.1, 0.15) is 0 Å². The summed E-state index contributed by atoms with van der Waals surface area (Å²) < 4.78 is 29.9. The van der Waals surface area contributed by atoms with Crippen molar-refractivity contribution in [2.45, 2.75) is 12.3 Å². The zero-order valence-corrected chi connectivity index (χ0v) is 8.87. The molecule has 0 saturated carbocycles. The summed E-state index contributed by atoms with van der Waals surface area (Å²) in [6, 6.07) is 0. The Morgan fingerprint density at radius 2 is 2.31 bits per heavy atom. The number of nitrogens with zero attached hydrogens (tertiary/aromatic N) is 2. The van der Waals surface area contributed by atoms with E-state index in [9.17, 15) is 18.9 Å². The second-order valence-corrected chi connectivity index (χ2v) is 3.01. The molecule has 1 aromatic heterocycles. The van der Waals surface area contributed by atoms with Crippen molar-refractivity contribution in [2.24, 2.45) is 0 Å². The van der Waals surface area contributed by atoms with Gasteiger partial charge in [-0.2, -0.15) is 0 Å². The molecule has 8 heteroatoms. The Morgan fingerprint density at radius 1 is 1.69 bits per heavy atom. The standard InChI is InChI=1S/C8H7ClF2N2O3/c1-16-8-5(7(10)11)6(13(14)15)4(2-9)3-12-8/h3,7H,2H2,1H3. The van der Waals surface area contributed by atoms with Crippen molar-refractivity contribution >= 4 is 17.3 Å². The van der Waals surface area contributed by atoms with E-state index in [1.54, 1.807) is 0 Å². The highest BCUT2D eigenvalue weighted by Gasteiger charge is 2.30. The van der Waals surface area contributed by atoms with Crippen LogP contribution in [0, 0.1) is 10.1 Å². The normalized spacial score (nSPS) is 10.6. The molecular formula is C8H7ClF2N2O3. The number of hydrogen-bond donors (Lipinski definition) is 0. The van der Waals surface area contributed by atoms with Crippen molar-refractivity contribution in [3.8, 4) is 5.88 Å². The number of aromatic nitrogens is 1. The van der Waals surface area contributed by atoms with Gasteiger partial charge in [0, 0.05) is 6.20 Å². The molecule has 0 radical (unpaired) electrons. The van der Waals surface area contributed by atoms with Crippen molar-refractivity contribution in [1.29, 1.82) is 0 Å². The van der Waals surface area contributed by atoms with E-state index >= 15 is 0 Å². The summed E-state index contributed by atoms with van der Waals surface area (Å²) in [6.07, 6.45) is -2.00. The van der Waals surface area contributed by atoms with E-state index in [2.05, 4.69) is 9.72 Å². The number of rotatable bonds is 4. The van der Waals surface area contributed by atoms with Crippen LogP contribution < -0.4 is 4.74 Å². The molecule has 0 saturated heterocycles. The minimum Gasteiger partial charge on any atom is -0.480 e. The minimum atomic E-state index is -3.05. The number of nitro groups is 1. The molecule has 0 spiro atoms. The summed E-state index contributed by atoms with van der Waals surface area (Å²) in [5.74, 6) is -0.733. The first kappa shape index (κ1) is 12.6. The van der Waals surface area contributed by atoms with Gasteiger partial charge in [-0.05, 0) is 0 Å². The van der Waals surface area contributed by atoms with Crippen molar-refractivity contribution in [2.75, 3.05) is 7.11 Å². The maximum Gasteiger partial charge on any atom is 0.289 e. The van der Waals surface area contributed by atoms with Crippen LogP contribution in [0.3, 0.4) is 0 Å². The second kappa shape index (κ2) is 5.02. The first-order valence-electron chi connectivity index (χ1n) is 4.07. The smallest absolute Gasteiger partial charge is 0.289 e. The molecule has 0 N–H and O–H groups in total. The van der Waals surface area contributed by atoms with Gasteiger partial charge in [-0.1, -0.05) is 0 Å². The molecule has 0 bridgehead atoms. The summed E-state index contributed by atoms with van der Waals surface area (Å²) in [5, 5.41) is 10.7. The average molecular weight is 253 g/mol. The number of ether oxygens (including phenoxy) is 1. The molecule has 0 atom stereocenters. The maximum atomic E-state index is 12.7. The molecule has 1 heterocycles. The Hall–Kier alpha value is -1.50. The number of methoxy groups -OCH3 is 1. The van der Waals surface area contributed by atoms with Crippen LogP contribution in [0.2, 0.25) is 0 Å². The molecule has 16 heavy (non-hydrogen) atoms. The Kier molecular flexibility index (Phi) is 3.94. The van der Waals surface area contributed by atoms with Gasteiger partial charge < -0.3 is 4.74 Å². The summed E-state index contributed by atoms with van der Waals surface area (Å²) in [7, 11) is 1.11. The maximum absolute atomic E-state index is 12.7. The van der Waals surface area contributed by atoms with E-state index < -0.39 is 28.5 Å². The van der Waals surface area contributed by atoms with E-state index in [0.717, 1.165) is 13.3 Å². The Morgan fingerprint density at radius 3 is 2.69 bits per heavy atom. The average Bonchev–Trinajstić information content (AvgIpc) is 2.26. The topological polar surface area (TPSA) is 65.3 Å². The predicted molar refractivity (Wildman–Crippen MR) is 52.0 cm³/mol. The SMILES string of the molecule is COc1ncc(CCl)c([N+](=O)[O-])c1C(F)F. The van der Waals surface area contributed by atoms with Gasteiger partial charge in [0.25, 0.3) is 12.1 Å². The highest BCUT2D eigenvalue weighted by molar-refractivity contribution is 6.17. The molecule has 88 valence electrons. The minimum absolute atomic E-state index is 0.0669. The van der Waals surface area contributed by atoms with Gasteiger partial charge in [-0.15, -0.1) is 11.6 Å². The highest BCUT2D eigenvalue weighted by Crippen LogP contribution is 2.37. The van der Waals surface area contributed by atoms with Gasteiger partial charge in [-0.25, -0.2) is 13.8 Å². The number of pyridine rings is 1. The fourth-order valence-electron chi connectivity index (χ4n) is 1.21. The lowest BCUT2D eigenvalue weighted by Crippen LogP contribution is -2.04. The van der Waals surface area contributed by atoms with Crippen LogP contribution in [-0.2, 0) is 5.88 Å². The Balaban J connectivity index is 3.53. The van der Waals surface area contributed by atoms with Gasteiger partial charge in [0.05, 0.1) is 23.5 Å². The first-order chi connectivity index (χ1) is 7.52. The predicted octanol–water partition coefficient (Wildman–Crippen LogP) is 2.67. The Bertz CT molecular complexity index is 415. The van der Waals surface area contributed by atoms with Crippen LogP contribution in [0.4, 0.5) is 14.5 Å². The third-order valence-corrected chi connectivity index (χ3v) is 2.15. The molecule has 0 amide bonds. The highest BCUT2D eigenvalue weighted by atomic mass is 35.5. The van der Waals surface area contributed by atoms with Crippen LogP contribution in [0.1, 0.15) is 17.6 Å². The van der Waals surface area contributed by atoms with Crippen molar-refractivity contribution in [1.82, 2.24) is 4.98 Å². The lowest BCUT2D eigenvalue weighted by molar-refractivity contribution is -0.387. The van der Waals surface area contributed by atoms with Crippen LogP contribution in [0.25, 0.3) is 0 Å². The fourth-order valence-corrected chi connectivity index (χ4v) is 1.41. The van der Waals surface area contributed by atoms with Crippen LogP contribution in [0.15, 0.2) is 6.20 Å². The lowest BCUT2D eigenvalue weighted by Gasteiger charge is -2.09. The third-order valence-electron chi connectivity index (χ3n) is 1.87. The molecular weight excluding hydrogens is 246 g/mol. The fraction of sp³-hybridized carbons (Fsp3) is 0.375. The van der Waals surface area contributed by atoms with Crippen molar-refractivity contribution < 1.29 is 18.4 Å². The quantitative estimate of drug-likeness (QED) is 0.469. The van der Waals surface area contributed by atoms with Gasteiger partial charge >= 0.3 is 0 Å². The number of hydrogen-bond acceptors (Lipinski definition) is 4. The van der Waals surface area contributed by atoms with Crippen LogP contribution in [0.5, 0.6) is 5.88 Å². The second-order valence-electron chi connectivity index (χ2n) is 2.75. The van der Waals surface area contributed by atoms with Crippen LogP contribution in [-0.4, -0.2) is 17.0 Å².